The number of carbonyl (C=O) groups excluding carboxylic acids is 2. The Morgan fingerprint density at radius 2 is 0.965 bits per heavy atom. The van der Waals surface area contributed by atoms with Gasteiger partial charge in [0.15, 0.2) is 0 Å². The molecule has 0 aliphatic heterocycles. The summed E-state index contributed by atoms with van der Waals surface area (Å²) >= 11 is 11.4. The summed E-state index contributed by atoms with van der Waals surface area (Å²) in [4.78, 5) is 30.5. The summed E-state index contributed by atoms with van der Waals surface area (Å²) in [6.07, 6.45) is 12.5. The van der Waals surface area contributed by atoms with Crippen LogP contribution in [0, 0.1) is 41.5 Å². The Balaban J connectivity index is 0.000000295. The summed E-state index contributed by atoms with van der Waals surface area (Å²) in [6, 6.07) is 40.9. The van der Waals surface area contributed by atoms with Crippen molar-refractivity contribution in [3.63, 3.8) is 0 Å². The van der Waals surface area contributed by atoms with Gasteiger partial charge in [-0.15, -0.1) is 11.6 Å². The van der Waals surface area contributed by atoms with Gasteiger partial charge in [0.25, 0.3) is 10.1 Å². The first-order valence-electron chi connectivity index (χ1n) is 28.4. The number of hydrogen-bond donors (Lipinski definition) is 2. The zero-order valence-corrected chi connectivity index (χ0v) is 63.6. The molecule has 2 N–H and O–H groups in total. The Kier molecular flexibility index (Phi) is 33.7. The summed E-state index contributed by atoms with van der Waals surface area (Å²) in [5.41, 5.74) is 7.57. The molecule has 6 aromatic carbocycles. The van der Waals surface area contributed by atoms with Crippen molar-refractivity contribution in [3.05, 3.63) is 189 Å². The molecule has 2 aliphatic carbocycles. The van der Waals surface area contributed by atoms with Gasteiger partial charge in [-0.2, -0.15) is 8.42 Å². The largest absolute Gasteiger partial charge is 1.00 e. The van der Waals surface area contributed by atoms with E-state index in [9.17, 15) is 40.1 Å². The number of alkyl halides is 1. The summed E-state index contributed by atoms with van der Waals surface area (Å²) in [7, 11) is -15.2. The van der Waals surface area contributed by atoms with Crippen molar-refractivity contribution in [2.24, 2.45) is 0 Å². The molecule has 0 aromatic heterocycles. The predicted molar refractivity (Wildman–Crippen MR) is 359 cm³/mol. The summed E-state index contributed by atoms with van der Waals surface area (Å²) in [6.45, 7) is 13.4. The average molecular weight is 1620 g/mol. The van der Waals surface area contributed by atoms with Crippen LogP contribution in [0.3, 0.4) is 0 Å². The number of hydrogen-bond acceptors (Lipinski definition) is 11. The van der Waals surface area contributed by atoms with E-state index in [-0.39, 0.29) is 80.4 Å². The number of rotatable bonds is 21. The van der Waals surface area contributed by atoms with Crippen molar-refractivity contribution in [1.29, 1.82) is 0 Å². The smallest absolute Gasteiger partial charge is 0.314 e. The van der Waals surface area contributed by atoms with Crippen LogP contribution >= 0.6 is 63.1 Å². The van der Waals surface area contributed by atoms with E-state index < -0.39 is 34.5 Å². The van der Waals surface area contributed by atoms with Gasteiger partial charge in [-0.1, -0.05) is 172 Å². The van der Waals surface area contributed by atoms with Gasteiger partial charge >= 0.3 is 102 Å². The summed E-state index contributed by atoms with van der Waals surface area (Å²) in [5.74, 6) is -0.199. The molecule has 2 fully saturated rings. The Hall–Kier alpha value is -1.02. The Morgan fingerprint density at radius 3 is 1.33 bits per heavy atom. The van der Waals surface area contributed by atoms with Crippen molar-refractivity contribution in [2.75, 3.05) is 24.6 Å². The van der Waals surface area contributed by atoms with E-state index >= 15 is 0 Å². The number of nitrogens with one attached hydrogen (secondary N) is 1. The molecule has 0 unspecified atom stereocenters. The minimum absolute atomic E-state index is 0. The fraction of sp³-hybridized carbons (Fsp3) is 0.406. The van der Waals surface area contributed by atoms with Crippen LogP contribution in [0.5, 0.6) is 0 Å². The van der Waals surface area contributed by atoms with E-state index in [0.29, 0.717) is 89.6 Å². The quantitative estimate of drug-likeness (QED) is 0.0175. The first kappa shape index (κ1) is 76.4. The molecular weight excluding hydrogens is 1540 g/mol. The second kappa shape index (κ2) is 37.5. The fourth-order valence-corrected chi connectivity index (χ4v) is 18.2. The molecule has 6 aromatic rings. The normalized spacial score (nSPS) is 14.2. The van der Waals surface area contributed by atoms with Crippen molar-refractivity contribution in [2.45, 2.75) is 143 Å². The molecule has 0 amide bonds. The van der Waals surface area contributed by atoms with E-state index in [1.54, 1.807) is 48.5 Å². The molecule has 12 nitrogen and oxygen atoms in total. The van der Waals surface area contributed by atoms with Crippen LogP contribution in [0.1, 0.15) is 142 Å². The van der Waals surface area contributed by atoms with Gasteiger partial charge in [-0.25, -0.2) is 8.42 Å². The number of carbonyl (C=O) groups is 2. The van der Waals surface area contributed by atoms with Gasteiger partial charge in [0.05, 0.1) is 15.9 Å². The summed E-state index contributed by atoms with van der Waals surface area (Å²) in [5, 5.41) is 5.43. The van der Waals surface area contributed by atoms with Crippen LogP contribution in [0.15, 0.2) is 133 Å². The first-order chi connectivity index (χ1) is 39.9. The molecule has 0 spiro atoms. The third-order valence-electron chi connectivity index (χ3n) is 15.8. The molecule has 2 saturated carbocycles. The molecule has 0 heterocycles. The molecule has 458 valence electrons. The van der Waals surface area contributed by atoms with Crippen LogP contribution < -0.4 is 91.2 Å². The molecule has 0 atom stereocenters. The molecule has 21 heteroatoms. The average Bonchev–Trinajstić information content (AvgIpc) is 1.10. The molecular formula is C64H80ClI3KN2O10P2S2-. The van der Waals surface area contributed by atoms with E-state index in [4.69, 9.17) is 16.2 Å². The number of halogens is 4. The van der Waals surface area contributed by atoms with Gasteiger partial charge in [0.2, 0.25) is 25.3 Å². The van der Waals surface area contributed by atoms with Crippen LogP contribution in [0.25, 0.3) is 0 Å². The third-order valence-corrected chi connectivity index (χ3v) is 23.3. The van der Waals surface area contributed by atoms with Crippen LogP contribution in [0.4, 0.5) is 0 Å². The maximum atomic E-state index is 14.9. The maximum absolute atomic E-state index is 14.9. The van der Waals surface area contributed by atoms with Crippen molar-refractivity contribution in [3.8, 4) is 0 Å². The molecule has 0 bridgehead atoms. The Bertz CT molecular complexity index is 3350. The van der Waals surface area contributed by atoms with Gasteiger partial charge in [-0.05, 0) is 138 Å². The standard InChI is InChI=1S/C32H40NO5PS.C23H22ClO2P.C9H19NO3S.I3.K/c1-24-22-25(2)31(32(34)39(35,28-16-9-5-10-17-28)29-18-11-6-12-19-29)26(3)30(24)23-33(20-13-21-40(36,37)38)27-14-7-4-8-15-27;1-16-14-17(2)22(18(3)21(16)15-24)23(25)27(26,19-10-6-4-7-11-19)20-12-8-5-9-13-20;11-14(12,13)8-4-7-10-9-5-2-1-3-6-9;1-3-2;/h5-6,9-12,16-19,22,27H,4,7-8,13-15,20-21,23H2,1-3H3,(H,36,37,38);4-14H,15H2,1-3H3;9-10H,1-8H2,(H,11,12,13);;/q;;;-1;+1/p-1. The van der Waals surface area contributed by atoms with E-state index in [0.717, 1.165) is 70.2 Å². The van der Waals surface area contributed by atoms with Crippen LogP contribution in [-0.4, -0.2) is 78.6 Å². The molecule has 8 rings (SSSR count). The molecule has 0 saturated heterocycles. The second-order valence-corrected chi connectivity index (χ2v) is 46.6. The fourth-order valence-electron chi connectivity index (χ4n) is 11.5. The number of nitrogens with zero attached hydrogens (tertiary/aromatic N) is 1. The second-order valence-electron chi connectivity index (χ2n) is 21.6. The van der Waals surface area contributed by atoms with E-state index in [1.165, 1.54) is 38.5 Å². The minimum Gasteiger partial charge on any atom is -0.314 e. The summed E-state index contributed by atoms with van der Waals surface area (Å²) < 4.78 is 92.4. The zero-order valence-electron chi connectivity index (χ0n) is 49.9. The van der Waals surface area contributed by atoms with Gasteiger partial charge in [0.1, 0.15) is 0 Å². The topological polar surface area (TPSA) is 195 Å². The SMILES string of the molecule is Cc1cc(C)c(C(=O)P(=O)(c2ccccc2)c2ccccc2)c(C)c1CCl.Cc1cc(C)c(C(=O)P(=O)(c2ccccc2)c2ccccc2)c(C)c1CN(CCCS(=O)(=O)[O-])C1CCCCC1.I[I-]I.O=S(=O)(O)CCCNC1CCCCC1.[K+]. The predicted octanol–water partition coefficient (Wildman–Crippen LogP) is 8.31. The monoisotopic (exact) mass is 1620 g/mol. The van der Waals surface area contributed by atoms with Crippen LogP contribution in [-0.2, 0) is 41.8 Å². The Labute approximate surface area is 584 Å². The minimum atomic E-state index is -4.28. The van der Waals surface area contributed by atoms with E-state index in [1.807, 2.05) is 126 Å². The molecule has 0 radical (unpaired) electrons. The first-order valence-corrected chi connectivity index (χ1v) is 48.1. The van der Waals surface area contributed by atoms with Crippen molar-refractivity contribution in [1.82, 2.24) is 10.2 Å². The third kappa shape index (κ3) is 22.4. The number of aryl methyl sites for hydroxylation is 4. The van der Waals surface area contributed by atoms with Gasteiger partial charge < -0.3 is 19.0 Å². The van der Waals surface area contributed by atoms with Gasteiger partial charge in [0, 0.05) is 62.6 Å². The Morgan fingerprint density at radius 1 is 0.600 bits per heavy atom. The van der Waals surface area contributed by atoms with Crippen molar-refractivity contribution >= 4 is 116 Å². The maximum Gasteiger partial charge on any atom is 1.00 e. The molecule has 85 heavy (non-hydrogen) atoms. The van der Waals surface area contributed by atoms with Crippen LogP contribution in [0.2, 0.25) is 0 Å². The van der Waals surface area contributed by atoms with Crippen molar-refractivity contribution < 1.29 is 109 Å². The zero-order chi connectivity index (χ0) is 61.7. The number of benzene rings is 6. The molecule has 2 aliphatic rings. The van der Waals surface area contributed by atoms with E-state index in [2.05, 4.69) is 47.4 Å². The van der Waals surface area contributed by atoms with Gasteiger partial charge in [-0.3, -0.25) is 19.0 Å².